The van der Waals surface area contributed by atoms with Gasteiger partial charge in [-0.1, -0.05) is 13.8 Å². The van der Waals surface area contributed by atoms with E-state index in [0.29, 0.717) is 17.5 Å². The molecule has 2 aromatic rings. The fourth-order valence-electron chi connectivity index (χ4n) is 2.54. The third-order valence-electron chi connectivity index (χ3n) is 3.62. The molecule has 0 aliphatic rings. The summed E-state index contributed by atoms with van der Waals surface area (Å²) in [6.07, 6.45) is 2.16. The Balaban J connectivity index is 2.83. The zero-order valence-electron chi connectivity index (χ0n) is 12.2. The molecule has 1 heterocycles. The Morgan fingerprint density at radius 2 is 1.84 bits per heavy atom. The van der Waals surface area contributed by atoms with Crippen LogP contribution in [0.2, 0.25) is 0 Å². The van der Waals surface area contributed by atoms with E-state index in [1.54, 1.807) is 0 Å². The minimum absolute atomic E-state index is 0.366. The number of aryl methyl sites for hydroxylation is 1. The van der Waals surface area contributed by atoms with E-state index in [1.165, 1.54) is 5.56 Å². The number of carbonyl (C=O) groups is 1. The second kappa shape index (κ2) is 4.72. The van der Waals surface area contributed by atoms with E-state index < -0.39 is 5.97 Å². The predicted molar refractivity (Wildman–Crippen MR) is 78.1 cm³/mol. The van der Waals surface area contributed by atoms with Gasteiger partial charge in [-0.15, -0.1) is 0 Å². The van der Waals surface area contributed by atoms with Crippen molar-refractivity contribution in [2.75, 3.05) is 0 Å². The summed E-state index contributed by atoms with van der Waals surface area (Å²) in [6.45, 7) is 10.4. The zero-order valence-corrected chi connectivity index (χ0v) is 12.2. The van der Waals surface area contributed by atoms with Crippen molar-refractivity contribution in [3.63, 3.8) is 0 Å². The summed E-state index contributed by atoms with van der Waals surface area (Å²) in [5.74, 6) is -0.474. The lowest BCUT2D eigenvalue weighted by Crippen LogP contribution is -2.02. The van der Waals surface area contributed by atoms with Crippen LogP contribution in [-0.2, 0) is 0 Å². The number of nitrogens with zero attached hydrogens (tertiary/aromatic N) is 1. The molecule has 0 saturated carbocycles. The highest BCUT2D eigenvalue weighted by atomic mass is 16.4. The van der Waals surface area contributed by atoms with Gasteiger partial charge < -0.3 is 9.67 Å². The highest BCUT2D eigenvalue weighted by molar-refractivity contribution is 5.96. The van der Waals surface area contributed by atoms with E-state index in [2.05, 4.69) is 38.5 Å². The lowest BCUT2D eigenvalue weighted by atomic mass is 9.99. The van der Waals surface area contributed by atoms with Crippen LogP contribution >= 0.6 is 0 Å². The minimum atomic E-state index is -0.855. The van der Waals surface area contributed by atoms with E-state index in [1.807, 2.05) is 19.1 Å². The number of hydrogen-bond acceptors (Lipinski definition) is 1. The largest absolute Gasteiger partial charge is 0.478 e. The van der Waals surface area contributed by atoms with Crippen LogP contribution in [-0.4, -0.2) is 15.6 Å². The molecule has 0 radical (unpaired) electrons. The first-order valence-electron chi connectivity index (χ1n) is 6.71. The first-order chi connectivity index (χ1) is 8.82. The molecule has 0 spiro atoms. The van der Waals surface area contributed by atoms with Crippen molar-refractivity contribution in [2.24, 2.45) is 0 Å². The van der Waals surface area contributed by atoms with Crippen LogP contribution in [0.4, 0.5) is 0 Å². The third kappa shape index (κ3) is 2.25. The maximum Gasteiger partial charge on any atom is 0.335 e. The van der Waals surface area contributed by atoms with Crippen LogP contribution in [0, 0.1) is 6.92 Å². The van der Waals surface area contributed by atoms with Gasteiger partial charge in [0.1, 0.15) is 0 Å². The molecular formula is C16H21NO2. The van der Waals surface area contributed by atoms with Gasteiger partial charge in [0, 0.05) is 23.1 Å². The van der Waals surface area contributed by atoms with Crippen LogP contribution in [0.15, 0.2) is 18.3 Å². The first kappa shape index (κ1) is 13.7. The maximum absolute atomic E-state index is 11.3. The molecule has 1 N–H and O–H groups in total. The molecule has 2 rings (SSSR count). The second-order valence-corrected chi connectivity index (χ2v) is 5.73. The fourth-order valence-corrected chi connectivity index (χ4v) is 2.54. The molecule has 0 saturated heterocycles. The van der Waals surface area contributed by atoms with E-state index >= 15 is 0 Å². The number of benzene rings is 1. The normalized spacial score (nSPS) is 11.7. The van der Waals surface area contributed by atoms with Gasteiger partial charge in [0.25, 0.3) is 0 Å². The van der Waals surface area contributed by atoms with E-state index in [-0.39, 0.29) is 0 Å². The molecule has 3 nitrogen and oxygen atoms in total. The van der Waals surface area contributed by atoms with Crippen molar-refractivity contribution in [1.82, 2.24) is 4.57 Å². The number of rotatable bonds is 3. The van der Waals surface area contributed by atoms with Crippen molar-refractivity contribution in [1.29, 1.82) is 0 Å². The molecule has 0 amide bonds. The summed E-state index contributed by atoms with van der Waals surface area (Å²) in [5, 5.41) is 10.3. The van der Waals surface area contributed by atoms with Gasteiger partial charge in [-0.05, 0) is 49.9 Å². The molecule has 102 valence electrons. The molecule has 0 bridgehead atoms. The van der Waals surface area contributed by atoms with Gasteiger partial charge in [-0.3, -0.25) is 0 Å². The van der Waals surface area contributed by atoms with Crippen molar-refractivity contribution in [2.45, 2.75) is 46.6 Å². The minimum Gasteiger partial charge on any atom is -0.478 e. The lowest BCUT2D eigenvalue weighted by Gasteiger charge is -2.10. The average Bonchev–Trinajstić information content (AvgIpc) is 2.66. The van der Waals surface area contributed by atoms with Crippen LogP contribution < -0.4 is 0 Å². The number of aromatic nitrogens is 1. The lowest BCUT2D eigenvalue weighted by molar-refractivity contribution is 0.0696. The molecule has 0 aliphatic carbocycles. The van der Waals surface area contributed by atoms with Crippen molar-refractivity contribution < 1.29 is 9.90 Å². The van der Waals surface area contributed by atoms with Gasteiger partial charge in [0.2, 0.25) is 0 Å². The Morgan fingerprint density at radius 3 is 2.32 bits per heavy atom. The van der Waals surface area contributed by atoms with Crippen LogP contribution in [0.25, 0.3) is 10.9 Å². The van der Waals surface area contributed by atoms with Crippen molar-refractivity contribution >= 4 is 16.9 Å². The summed E-state index contributed by atoms with van der Waals surface area (Å²) in [5.41, 5.74) is 3.55. The molecule has 1 aromatic carbocycles. The Kier molecular flexibility index (Phi) is 3.40. The van der Waals surface area contributed by atoms with Gasteiger partial charge in [-0.25, -0.2) is 4.79 Å². The highest BCUT2D eigenvalue weighted by Gasteiger charge is 2.17. The standard InChI is InChI=1S/C16H21NO2/c1-9(2)14-8-17(10(3)4)15-6-11(5)12(16(18)19)7-13(14)15/h6-10H,1-5H3,(H,18,19). The molecule has 0 atom stereocenters. The Hall–Kier alpha value is -1.77. The number of fused-ring (bicyclic) bond motifs is 1. The van der Waals surface area contributed by atoms with Crippen molar-refractivity contribution in [3.8, 4) is 0 Å². The molecule has 0 unspecified atom stereocenters. The van der Waals surface area contributed by atoms with Crippen LogP contribution in [0.5, 0.6) is 0 Å². The van der Waals surface area contributed by atoms with Gasteiger partial charge >= 0.3 is 5.97 Å². The monoisotopic (exact) mass is 259 g/mol. The molecule has 3 heteroatoms. The first-order valence-corrected chi connectivity index (χ1v) is 6.71. The molecule has 1 aromatic heterocycles. The summed E-state index contributed by atoms with van der Waals surface area (Å²) in [6, 6.07) is 4.18. The highest BCUT2D eigenvalue weighted by Crippen LogP contribution is 2.31. The quantitative estimate of drug-likeness (QED) is 0.890. The smallest absolute Gasteiger partial charge is 0.335 e. The summed E-state index contributed by atoms with van der Waals surface area (Å²) < 4.78 is 2.23. The van der Waals surface area contributed by atoms with Gasteiger partial charge in [0.15, 0.2) is 0 Å². The predicted octanol–water partition coefficient (Wildman–Crippen LogP) is 4.35. The molecule has 19 heavy (non-hydrogen) atoms. The van der Waals surface area contributed by atoms with Crippen molar-refractivity contribution in [3.05, 3.63) is 35.0 Å². The maximum atomic E-state index is 11.3. The Bertz CT molecular complexity index is 636. The SMILES string of the molecule is Cc1cc2c(cc1C(=O)O)c(C(C)C)cn2C(C)C. The Morgan fingerprint density at radius 1 is 1.21 bits per heavy atom. The van der Waals surface area contributed by atoms with Crippen LogP contribution in [0.1, 0.15) is 61.1 Å². The van der Waals surface area contributed by atoms with Crippen LogP contribution in [0.3, 0.4) is 0 Å². The summed E-state index contributed by atoms with van der Waals surface area (Å²) in [7, 11) is 0. The van der Waals surface area contributed by atoms with E-state index in [9.17, 15) is 9.90 Å². The third-order valence-corrected chi connectivity index (χ3v) is 3.62. The number of aromatic carboxylic acids is 1. The molecular weight excluding hydrogens is 238 g/mol. The molecule has 0 fully saturated rings. The second-order valence-electron chi connectivity index (χ2n) is 5.73. The topological polar surface area (TPSA) is 42.2 Å². The van der Waals surface area contributed by atoms with Gasteiger partial charge in [0.05, 0.1) is 5.56 Å². The average molecular weight is 259 g/mol. The fraction of sp³-hybridized carbons (Fsp3) is 0.438. The van der Waals surface area contributed by atoms with E-state index in [0.717, 1.165) is 16.5 Å². The number of carboxylic acid groups (broad SMARTS) is 1. The van der Waals surface area contributed by atoms with E-state index in [4.69, 9.17) is 0 Å². The number of hydrogen-bond donors (Lipinski definition) is 1. The summed E-state index contributed by atoms with van der Waals surface area (Å²) >= 11 is 0. The number of carboxylic acids is 1. The van der Waals surface area contributed by atoms with Gasteiger partial charge in [-0.2, -0.15) is 0 Å². The Labute approximate surface area is 113 Å². The summed E-state index contributed by atoms with van der Waals surface area (Å²) in [4.78, 5) is 11.3. The molecule has 0 aliphatic heterocycles. The zero-order chi connectivity index (χ0) is 14.3.